The zero-order valence-corrected chi connectivity index (χ0v) is 19.8. The molecule has 3 rings (SSSR count). The first-order chi connectivity index (χ1) is 15.5. The summed E-state index contributed by atoms with van der Waals surface area (Å²) in [5, 5.41) is 0. The van der Waals surface area contributed by atoms with E-state index in [4.69, 9.17) is 9.47 Å². The second kappa shape index (κ2) is 12.5. The van der Waals surface area contributed by atoms with Gasteiger partial charge in [-0.25, -0.2) is 4.79 Å². The van der Waals surface area contributed by atoms with Gasteiger partial charge in [-0.15, -0.1) is 0 Å². The minimum Gasteiger partial charge on any atom is -0.464 e. The van der Waals surface area contributed by atoms with Gasteiger partial charge in [-0.1, -0.05) is 18.6 Å². The molecule has 6 heteroatoms. The normalized spacial score (nSPS) is 32.5. The lowest BCUT2D eigenvalue weighted by molar-refractivity contribution is -0.164. The van der Waals surface area contributed by atoms with Crippen LogP contribution in [0.25, 0.3) is 0 Å². The summed E-state index contributed by atoms with van der Waals surface area (Å²) in [7, 11) is 0. The summed E-state index contributed by atoms with van der Waals surface area (Å²) in [5.74, 6) is -0.0559. The number of hydrogen-bond donors (Lipinski definition) is 0. The number of amides is 1. The van der Waals surface area contributed by atoms with E-state index >= 15 is 0 Å². The van der Waals surface area contributed by atoms with E-state index in [1.54, 1.807) is 4.90 Å². The van der Waals surface area contributed by atoms with E-state index in [0.717, 1.165) is 64.2 Å². The van der Waals surface area contributed by atoms with E-state index in [1.165, 1.54) is 0 Å². The Hall–Kier alpha value is -1.69. The average molecular weight is 448 g/mol. The van der Waals surface area contributed by atoms with E-state index in [-0.39, 0.29) is 23.8 Å². The standard InChI is InChI=1S/C26H41NO5/c1-26-17-11-15-22(32-26)14-6-4-2-3-5-12-21(28)13-8-10-19-31-25(30)23-16-7-9-18-27(23)24(29)20-26/h3,5,22-23H,2,4,6-20H2,1H3. The molecule has 2 saturated heterocycles. The molecule has 3 unspecified atom stereocenters. The molecule has 32 heavy (non-hydrogen) atoms. The van der Waals surface area contributed by atoms with Gasteiger partial charge in [0.1, 0.15) is 11.8 Å². The zero-order valence-electron chi connectivity index (χ0n) is 19.8. The lowest BCUT2D eigenvalue weighted by Gasteiger charge is -2.41. The Labute approximate surface area is 193 Å². The van der Waals surface area contributed by atoms with Crippen LogP contribution in [0, 0.1) is 0 Å². The van der Waals surface area contributed by atoms with Crippen LogP contribution in [-0.4, -0.2) is 53.5 Å². The Bertz CT molecular complexity index is 675. The summed E-state index contributed by atoms with van der Waals surface area (Å²) in [5.41, 5.74) is -0.453. The number of hydrogen-bond acceptors (Lipinski definition) is 5. The van der Waals surface area contributed by atoms with Crippen LogP contribution in [0.2, 0.25) is 0 Å². The number of piperidine rings is 1. The van der Waals surface area contributed by atoms with Crippen molar-refractivity contribution in [2.24, 2.45) is 0 Å². The smallest absolute Gasteiger partial charge is 0.328 e. The summed E-state index contributed by atoms with van der Waals surface area (Å²) in [6, 6.07) is -0.486. The first-order valence-electron chi connectivity index (χ1n) is 12.8. The third-order valence-corrected chi connectivity index (χ3v) is 7.06. The molecule has 0 aromatic rings. The second-order valence-electron chi connectivity index (χ2n) is 9.98. The molecule has 0 saturated carbocycles. The molecule has 3 aliphatic heterocycles. The molecule has 2 bridgehead atoms. The number of ketones is 1. The molecule has 0 aromatic carbocycles. The molecule has 6 nitrogen and oxygen atoms in total. The Morgan fingerprint density at radius 2 is 1.75 bits per heavy atom. The minimum atomic E-state index is -0.486. The molecule has 3 atom stereocenters. The van der Waals surface area contributed by atoms with Gasteiger partial charge in [0.15, 0.2) is 0 Å². The maximum atomic E-state index is 13.2. The van der Waals surface area contributed by atoms with Gasteiger partial charge >= 0.3 is 5.97 Å². The van der Waals surface area contributed by atoms with Gasteiger partial charge in [0.2, 0.25) is 5.91 Å². The third-order valence-electron chi connectivity index (χ3n) is 7.06. The Morgan fingerprint density at radius 3 is 2.62 bits per heavy atom. The Kier molecular flexibility index (Phi) is 9.76. The number of allylic oxidation sites excluding steroid dienone is 2. The van der Waals surface area contributed by atoms with Crippen LogP contribution in [0.4, 0.5) is 0 Å². The molecule has 0 radical (unpaired) electrons. The van der Waals surface area contributed by atoms with Gasteiger partial charge in [-0.2, -0.15) is 0 Å². The average Bonchev–Trinajstić information content (AvgIpc) is 2.77. The molecule has 180 valence electrons. The second-order valence-corrected chi connectivity index (χ2v) is 9.98. The van der Waals surface area contributed by atoms with Crippen molar-refractivity contribution in [1.82, 2.24) is 4.90 Å². The molecular formula is C26H41NO5. The highest BCUT2D eigenvalue weighted by molar-refractivity contribution is 5.85. The monoisotopic (exact) mass is 447 g/mol. The summed E-state index contributed by atoms with van der Waals surface area (Å²) in [4.78, 5) is 39.7. The van der Waals surface area contributed by atoms with Crippen molar-refractivity contribution in [3.8, 4) is 0 Å². The van der Waals surface area contributed by atoms with Crippen LogP contribution in [0.5, 0.6) is 0 Å². The fourth-order valence-corrected chi connectivity index (χ4v) is 5.22. The van der Waals surface area contributed by atoms with Crippen LogP contribution in [0.1, 0.15) is 103 Å². The number of Topliss-reactive ketones (excluding diaryl/α,β-unsaturated/α-hetero) is 1. The van der Waals surface area contributed by atoms with Crippen molar-refractivity contribution >= 4 is 17.7 Å². The largest absolute Gasteiger partial charge is 0.464 e. The topological polar surface area (TPSA) is 72.9 Å². The maximum Gasteiger partial charge on any atom is 0.328 e. The lowest BCUT2D eigenvalue weighted by atomic mass is 9.88. The third kappa shape index (κ3) is 7.72. The van der Waals surface area contributed by atoms with Crippen molar-refractivity contribution in [3.05, 3.63) is 12.2 Å². The number of carbonyl (C=O) groups is 3. The number of rotatable bonds is 0. The number of cyclic esters (lactones) is 1. The molecule has 3 aliphatic rings. The van der Waals surface area contributed by atoms with Gasteiger partial charge in [0.25, 0.3) is 0 Å². The van der Waals surface area contributed by atoms with Crippen LogP contribution in [0.3, 0.4) is 0 Å². The highest BCUT2D eigenvalue weighted by Crippen LogP contribution is 2.34. The van der Waals surface area contributed by atoms with Crippen LogP contribution >= 0.6 is 0 Å². The van der Waals surface area contributed by atoms with Crippen molar-refractivity contribution in [2.75, 3.05) is 13.2 Å². The number of fused-ring (bicyclic) bond motifs is 3. The summed E-state index contributed by atoms with van der Waals surface area (Å²) in [6.07, 6.45) is 16.7. The highest BCUT2D eigenvalue weighted by atomic mass is 16.5. The fourth-order valence-electron chi connectivity index (χ4n) is 5.22. The van der Waals surface area contributed by atoms with Crippen LogP contribution in [-0.2, 0) is 23.9 Å². The molecule has 3 heterocycles. The SMILES string of the molecule is CC12CCCC(CCCCC=CCC(=O)CCCCOC(=O)C3CCCCN3C(=O)C1)O2. The fraction of sp³-hybridized carbons (Fsp3) is 0.808. The molecule has 0 aliphatic carbocycles. The molecule has 0 spiro atoms. The van der Waals surface area contributed by atoms with E-state index in [9.17, 15) is 14.4 Å². The Morgan fingerprint density at radius 1 is 0.938 bits per heavy atom. The summed E-state index contributed by atoms with van der Waals surface area (Å²) in [6.45, 7) is 2.98. The van der Waals surface area contributed by atoms with E-state index in [2.05, 4.69) is 13.0 Å². The summed E-state index contributed by atoms with van der Waals surface area (Å²) < 4.78 is 11.9. The van der Waals surface area contributed by atoms with E-state index in [1.807, 2.05) is 6.08 Å². The lowest BCUT2D eigenvalue weighted by Crippen LogP contribution is -2.51. The summed E-state index contributed by atoms with van der Waals surface area (Å²) >= 11 is 0. The Balaban J connectivity index is 1.65. The predicted molar refractivity (Wildman–Crippen MR) is 123 cm³/mol. The molecule has 1 amide bonds. The predicted octanol–water partition coefficient (Wildman–Crippen LogP) is 4.89. The van der Waals surface area contributed by atoms with Crippen molar-refractivity contribution in [1.29, 1.82) is 0 Å². The maximum absolute atomic E-state index is 13.2. The van der Waals surface area contributed by atoms with Gasteiger partial charge in [0.05, 0.1) is 24.7 Å². The minimum absolute atomic E-state index is 0.0106. The van der Waals surface area contributed by atoms with Crippen LogP contribution < -0.4 is 0 Å². The molecule has 0 aromatic heterocycles. The quantitative estimate of drug-likeness (QED) is 0.391. The molecule has 2 fully saturated rings. The number of ether oxygens (including phenoxy) is 2. The van der Waals surface area contributed by atoms with E-state index < -0.39 is 11.6 Å². The molecular weight excluding hydrogens is 406 g/mol. The van der Waals surface area contributed by atoms with Crippen molar-refractivity contribution in [2.45, 2.75) is 121 Å². The van der Waals surface area contributed by atoms with Gasteiger partial charge in [-0.05, 0) is 77.6 Å². The van der Waals surface area contributed by atoms with Crippen molar-refractivity contribution in [3.63, 3.8) is 0 Å². The van der Waals surface area contributed by atoms with Gasteiger partial charge in [-0.3, -0.25) is 9.59 Å². The first kappa shape index (κ1) is 24.9. The molecule has 0 N–H and O–H groups in total. The van der Waals surface area contributed by atoms with Gasteiger partial charge in [0, 0.05) is 19.4 Å². The van der Waals surface area contributed by atoms with E-state index in [0.29, 0.717) is 45.3 Å². The van der Waals surface area contributed by atoms with Crippen LogP contribution in [0.15, 0.2) is 12.2 Å². The number of esters is 1. The zero-order chi connectivity index (χ0) is 22.8. The van der Waals surface area contributed by atoms with Crippen molar-refractivity contribution < 1.29 is 23.9 Å². The van der Waals surface area contributed by atoms with Gasteiger partial charge < -0.3 is 14.4 Å². The highest BCUT2D eigenvalue weighted by Gasteiger charge is 2.39. The number of carbonyl (C=O) groups excluding carboxylic acids is 3. The first-order valence-corrected chi connectivity index (χ1v) is 12.8. The number of nitrogens with zero attached hydrogens (tertiary/aromatic N) is 1.